The van der Waals surface area contributed by atoms with Crippen LogP contribution in [0.25, 0.3) is 0 Å². The fourth-order valence-corrected chi connectivity index (χ4v) is 2.99. The van der Waals surface area contributed by atoms with E-state index >= 15 is 0 Å². The molecule has 0 aliphatic rings. The summed E-state index contributed by atoms with van der Waals surface area (Å²) < 4.78 is 52.6. The maximum absolute atomic E-state index is 13.7. The van der Waals surface area contributed by atoms with E-state index in [1.165, 1.54) is 19.2 Å². The van der Waals surface area contributed by atoms with E-state index in [0.717, 1.165) is 23.8 Å². The Morgan fingerprint density at radius 2 is 1.78 bits per heavy atom. The van der Waals surface area contributed by atoms with Crippen LogP contribution in [0.3, 0.4) is 0 Å². The first-order valence-electron chi connectivity index (χ1n) is 8.34. The zero-order valence-electron chi connectivity index (χ0n) is 15.1. The second kappa shape index (κ2) is 9.43. The summed E-state index contributed by atoms with van der Waals surface area (Å²) >= 11 is 0. The average Bonchev–Trinajstić information content (AvgIpc) is 2.66. The highest BCUT2D eigenvalue weighted by atomic mass is 32.2. The number of halogens is 2. The third kappa shape index (κ3) is 6.00. The van der Waals surface area contributed by atoms with Gasteiger partial charge in [0, 0.05) is 18.7 Å². The van der Waals surface area contributed by atoms with Crippen molar-refractivity contribution < 1.29 is 17.2 Å². The van der Waals surface area contributed by atoms with Gasteiger partial charge in [-0.2, -0.15) is 0 Å². The molecule has 0 saturated heterocycles. The van der Waals surface area contributed by atoms with Crippen LogP contribution in [0.5, 0.6) is 0 Å². The van der Waals surface area contributed by atoms with Crippen molar-refractivity contribution in [1.29, 1.82) is 0 Å². The molecule has 0 saturated carbocycles. The summed E-state index contributed by atoms with van der Waals surface area (Å²) in [5.74, 6) is -0.569. The van der Waals surface area contributed by atoms with Crippen LogP contribution in [-0.4, -0.2) is 28.0 Å². The largest absolute Gasteiger partial charge is 0.357 e. The summed E-state index contributed by atoms with van der Waals surface area (Å²) in [6.07, 6.45) is 0. The smallest absolute Gasteiger partial charge is 0.240 e. The lowest BCUT2D eigenvalue weighted by Crippen LogP contribution is -2.37. The molecule has 0 spiro atoms. The van der Waals surface area contributed by atoms with Crippen LogP contribution in [0.2, 0.25) is 0 Å². The minimum Gasteiger partial charge on any atom is -0.357 e. The highest BCUT2D eigenvalue weighted by Crippen LogP contribution is 2.11. The maximum atomic E-state index is 13.7. The van der Waals surface area contributed by atoms with Gasteiger partial charge in [0.15, 0.2) is 5.96 Å². The Morgan fingerprint density at radius 1 is 1.07 bits per heavy atom. The molecule has 0 aliphatic heterocycles. The third-order valence-electron chi connectivity index (χ3n) is 3.72. The van der Waals surface area contributed by atoms with E-state index in [2.05, 4.69) is 20.3 Å². The van der Waals surface area contributed by atoms with Crippen molar-refractivity contribution in [3.63, 3.8) is 0 Å². The fraction of sp³-hybridized carbons (Fsp3) is 0.278. The normalized spacial score (nSPS) is 12.1. The monoisotopic (exact) mass is 396 g/mol. The molecule has 0 radical (unpaired) electrons. The number of guanidine groups is 1. The quantitative estimate of drug-likeness (QED) is 0.495. The van der Waals surface area contributed by atoms with Crippen molar-refractivity contribution in [2.75, 3.05) is 13.6 Å². The van der Waals surface area contributed by atoms with Crippen molar-refractivity contribution in [1.82, 2.24) is 15.4 Å². The van der Waals surface area contributed by atoms with Crippen LogP contribution < -0.4 is 15.4 Å². The van der Waals surface area contributed by atoms with Crippen molar-refractivity contribution in [3.8, 4) is 0 Å². The Balaban J connectivity index is 2.05. The van der Waals surface area contributed by atoms with Gasteiger partial charge in [0.2, 0.25) is 10.0 Å². The van der Waals surface area contributed by atoms with Gasteiger partial charge in [-0.1, -0.05) is 12.1 Å². The van der Waals surface area contributed by atoms with E-state index in [9.17, 15) is 17.2 Å². The summed E-state index contributed by atoms with van der Waals surface area (Å²) in [5.41, 5.74) is 1.00. The minimum absolute atomic E-state index is 0.0782. The molecule has 0 bridgehead atoms. The second-order valence-electron chi connectivity index (χ2n) is 5.64. The summed E-state index contributed by atoms with van der Waals surface area (Å²) in [6, 6.07) is 9.62. The van der Waals surface area contributed by atoms with Crippen LogP contribution in [0.15, 0.2) is 52.4 Å². The van der Waals surface area contributed by atoms with Gasteiger partial charge < -0.3 is 10.6 Å². The Morgan fingerprint density at radius 3 is 2.41 bits per heavy atom. The SMILES string of the molecule is CCNC(=NCc1ccc(S(=O)(=O)NC)cc1)NCc1cc(F)ccc1F. The number of nitrogens with zero attached hydrogens (tertiary/aromatic N) is 1. The van der Waals surface area contributed by atoms with E-state index < -0.39 is 21.7 Å². The fourth-order valence-electron chi connectivity index (χ4n) is 2.26. The Kier molecular flexibility index (Phi) is 7.26. The molecule has 9 heteroatoms. The van der Waals surface area contributed by atoms with E-state index in [0.29, 0.717) is 19.0 Å². The van der Waals surface area contributed by atoms with Crippen molar-refractivity contribution in [2.24, 2.45) is 4.99 Å². The van der Waals surface area contributed by atoms with Gasteiger partial charge in [-0.25, -0.2) is 26.9 Å². The van der Waals surface area contributed by atoms with Gasteiger partial charge in [-0.15, -0.1) is 0 Å². The van der Waals surface area contributed by atoms with Gasteiger partial charge in [-0.3, -0.25) is 0 Å². The molecule has 0 unspecified atom stereocenters. The Labute approximate surface area is 157 Å². The third-order valence-corrected chi connectivity index (χ3v) is 5.15. The van der Waals surface area contributed by atoms with Crippen molar-refractivity contribution >= 4 is 16.0 Å². The lowest BCUT2D eigenvalue weighted by molar-refractivity contribution is 0.581. The summed E-state index contributed by atoms with van der Waals surface area (Å²) in [7, 11) is -2.13. The molecule has 2 aromatic carbocycles. The maximum Gasteiger partial charge on any atom is 0.240 e. The Hall–Kier alpha value is -2.52. The molecule has 0 aliphatic carbocycles. The first-order valence-corrected chi connectivity index (χ1v) is 9.82. The number of aliphatic imine (C=N–C) groups is 1. The zero-order valence-corrected chi connectivity index (χ0v) is 15.9. The van der Waals surface area contributed by atoms with E-state index in [1.807, 2.05) is 6.92 Å². The van der Waals surface area contributed by atoms with E-state index in [4.69, 9.17) is 0 Å². The van der Waals surface area contributed by atoms with Crippen LogP contribution in [0.4, 0.5) is 8.78 Å². The number of rotatable bonds is 7. The number of sulfonamides is 1. The van der Waals surface area contributed by atoms with Crippen molar-refractivity contribution in [3.05, 3.63) is 65.2 Å². The highest BCUT2D eigenvalue weighted by Gasteiger charge is 2.10. The topological polar surface area (TPSA) is 82.6 Å². The molecule has 2 rings (SSSR count). The van der Waals surface area contributed by atoms with Crippen LogP contribution in [-0.2, 0) is 23.1 Å². The molecule has 0 atom stereocenters. The lowest BCUT2D eigenvalue weighted by Gasteiger charge is -2.12. The second-order valence-corrected chi connectivity index (χ2v) is 7.52. The van der Waals surface area contributed by atoms with Gasteiger partial charge in [-0.05, 0) is 49.9 Å². The van der Waals surface area contributed by atoms with Crippen LogP contribution >= 0.6 is 0 Å². The molecule has 146 valence electrons. The van der Waals surface area contributed by atoms with Gasteiger partial charge in [0.05, 0.1) is 11.4 Å². The average molecular weight is 396 g/mol. The van der Waals surface area contributed by atoms with Crippen LogP contribution in [0, 0.1) is 11.6 Å². The molecule has 0 aromatic heterocycles. The van der Waals surface area contributed by atoms with E-state index in [-0.39, 0.29) is 17.0 Å². The molecular weight excluding hydrogens is 374 g/mol. The molecule has 27 heavy (non-hydrogen) atoms. The zero-order chi connectivity index (χ0) is 19.9. The number of hydrogen-bond acceptors (Lipinski definition) is 3. The molecule has 0 fully saturated rings. The van der Waals surface area contributed by atoms with Gasteiger partial charge in [0.1, 0.15) is 11.6 Å². The molecule has 6 nitrogen and oxygen atoms in total. The summed E-state index contributed by atoms with van der Waals surface area (Å²) in [5, 5.41) is 5.97. The highest BCUT2D eigenvalue weighted by molar-refractivity contribution is 7.89. The van der Waals surface area contributed by atoms with E-state index in [1.54, 1.807) is 12.1 Å². The molecular formula is C18H22F2N4O2S. The number of hydrogen-bond donors (Lipinski definition) is 3. The Bertz CT molecular complexity index is 900. The summed E-state index contributed by atoms with van der Waals surface area (Å²) in [6.45, 7) is 2.85. The standard InChI is InChI=1S/C18H22F2N4O2S/c1-3-22-18(24-12-14-10-15(19)6-9-17(14)20)23-11-13-4-7-16(8-5-13)27(25,26)21-2/h4-10,21H,3,11-12H2,1-2H3,(H2,22,23,24). The van der Waals surface area contributed by atoms with Gasteiger partial charge >= 0.3 is 0 Å². The molecule has 0 heterocycles. The summed E-state index contributed by atoms with van der Waals surface area (Å²) in [4.78, 5) is 4.55. The molecule has 3 N–H and O–H groups in total. The molecule has 2 aromatic rings. The lowest BCUT2D eigenvalue weighted by atomic mass is 10.2. The van der Waals surface area contributed by atoms with Crippen molar-refractivity contribution in [2.45, 2.75) is 24.9 Å². The number of benzene rings is 2. The first-order chi connectivity index (χ1) is 12.9. The first kappa shape index (κ1) is 20.8. The predicted octanol–water partition coefficient (Wildman–Crippen LogP) is 2.13. The van der Waals surface area contributed by atoms with Crippen LogP contribution in [0.1, 0.15) is 18.1 Å². The minimum atomic E-state index is -3.48. The van der Waals surface area contributed by atoms with Gasteiger partial charge in [0.25, 0.3) is 0 Å². The molecule has 0 amide bonds. The predicted molar refractivity (Wildman–Crippen MR) is 101 cm³/mol. The number of nitrogens with one attached hydrogen (secondary N) is 3.